The predicted octanol–water partition coefficient (Wildman–Crippen LogP) is 5.53. The molecule has 4 nitrogen and oxygen atoms in total. The maximum absolute atomic E-state index is 13.0. The smallest absolute Gasteiger partial charge is 0.242 e. The largest absolute Gasteiger partial charge is 0.352 e. The Balaban J connectivity index is 2.13. The lowest BCUT2D eigenvalue weighted by atomic mass is 10.1. The molecular formula is C22H26BrClN2O2S. The van der Waals surface area contributed by atoms with Crippen molar-refractivity contribution in [3.63, 3.8) is 0 Å². The second kappa shape index (κ2) is 11.6. The predicted molar refractivity (Wildman–Crippen MR) is 124 cm³/mol. The molecule has 0 aliphatic heterocycles. The van der Waals surface area contributed by atoms with Gasteiger partial charge in [-0.15, -0.1) is 11.8 Å². The summed E-state index contributed by atoms with van der Waals surface area (Å²) in [5.41, 5.74) is 0.973. The van der Waals surface area contributed by atoms with Gasteiger partial charge in [0.25, 0.3) is 0 Å². The molecule has 2 aromatic carbocycles. The van der Waals surface area contributed by atoms with Crippen LogP contribution in [0, 0.1) is 0 Å². The molecule has 0 heterocycles. The van der Waals surface area contributed by atoms with E-state index in [0.717, 1.165) is 21.4 Å². The first-order valence-corrected chi connectivity index (χ1v) is 11.7. The number of amides is 2. The lowest BCUT2D eigenvalue weighted by molar-refractivity contribution is -0.138. The van der Waals surface area contributed by atoms with Crippen molar-refractivity contribution < 1.29 is 9.59 Å². The zero-order chi connectivity index (χ0) is 21.4. The molecule has 7 heteroatoms. The molecule has 2 atom stereocenters. The van der Waals surface area contributed by atoms with Crippen molar-refractivity contribution in [3.8, 4) is 0 Å². The van der Waals surface area contributed by atoms with Crippen molar-refractivity contribution >= 4 is 51.1 Å². The highest BCUT2D eigenvalue weighted by atomic mass is 79.9. The Hall–Kier alpha value is -1.50. The number of thioether (sulfide) groups is 1. The van der Waals surface area contributed by atoms with Gasteiger partial charge in [0.05, 0.1) is 5.75 Å². The number of halogens is 2. The van der Waals surface area contributed by atoms with Gasteiger partial charge in [-0.25, -0.2) is 0 Å². The zero-order valence-electron chi connectivity index (χ0n) is 16.8. The molecular weight excluding hydrogens is 472 g/mol. The Labute approximate surface area is 190 Å². The molecule has 2 amide bonds. The third-order valence-electron chi connectivity index (χ3n) is 4.61. The Morgan fingerprint density at radius 3 is 2.31 bits per heavy atom. The minimum Gasteiger partial charge on any atom is -0.352 e. The monoisotopic (exact) mass is 496 g/mol. The number of hydrogen-bond donors (Lipinski definition) is 1. The standard InChI is InChI=1S/C22H26BrClN2O2S/c1-4-15(2)25-22(28)16(3)26(13-17-5-7-18(23)8-6-17)21(27)14-29-20-11-9-19(24)10-12-20/h5-12,15-16H,4,13-14H2,1-3H3,(H,25,28)/t15-,16+/m0/s1. The van der Waals surface area contributed by atoms with Crippen molar-refractivity contribution in [2.75, 3.05) is 5.75 Å². The van der Waals surface area contributed by atoms with Crippen LogP contribution in [-0.2, 0) is 16.1 Å². The highest BCUT2D eigenvalue weighted by Crippen LogP contribution is 2.22. The van der Waals surface area contributed by atoms with Crippen molar-refractivity contribution in [2.24, 2.45) is 0 Å². The zero-order valence-corrected chi connectivity index (χ0v) is 20.0. The summed E-state index contributed by atoms with van der Waals surface area (Å²) in [6.45, 7) is 6.13. The van der Waals surface area contributed by atoms with Gasteiger partial charge in [0, 0.05) is 27.0 Å². The lowest BCUT2D eigenvalue weighted by Gasteiger charge is -2.29. The van der Waals surface area contributed by atoms with Crippen LogP contribution in [0.5, 0.6) is 0 Å². The van der Waals surface area contributed by atoms with Gasteiger partial charge < -0.3 is 10.2 Å². The summed E-state index contributed by atoms with van der Waals surface area (Å²) in [5, 5.41) is 3.64. The number of carbonyl (C=O) groups excluding carboxylic acids is 2. The molecule has 0 aromatic heterocycles. The van der Waals surface area contributed by atoms with E-state index in [9.17, 15) is 9.59 Å². The Morgan fingerprint density at radius 1 is 1.10 bits per heavy atom. The van der Waals surface area contributed by atoms with Crippen molar-refractivity contribution in [1.82, 2.24) is 10.2 Å². The van der Waals surface area contributed by atoms with Crippen LogP contribution in [0.4, 0.5) is 0 Å². The van der Waals surface area contributed by atoms with E-state index in [1.54, 1.807) is 24.0 Å². The van der Waals surface area contributed by atoms with Gasteiger partial charge in [0.2, 0.25) is 11.8 Å². The van der Waals surface area contributed by atoms with E-state index in [-0.39, 0.29) is 23.6 Å². The minimum absolute atomic E-state index is 0.0676. The Morgan fingerprint density at radius 2 is 1.72 bits per heavy atom. The Kier molecular flexibility index (Phi) is 9.53. The molecule has 0 aliphatic carbocycles. The molecule has 0 fully saturated rings. The fourth-order valence-corrected chi connectivity index (χ4v) is 3.77. The maximum atomic E-state index is 13.0. The van der Waals surface area contributed by atoms with Gasteiger partial charge in [0.1, 0.15) is 6.04 Å². The molecule has 2 rings (SSSR count). The summed E-state index contributed by atoms with van der Waals surface area (Å²) >= 11 is 10.8. The Bertz CT molecular complexity index is 815. The van der Waals surface area contributed by atoms with Gasteiger partial charge in [-0.05, 0) is 62.2 Å². The second-order valence-corrected chi connectivity index (χ2v) is 9.29. The summed E-state index contributed by atoms with van der Waals surface area (Å²) < 4.78 is 0.972. The number of nitrogens with one attached hydrogen (secondary N) is 1. The average Bonchev–Trinajstić information content (AvgIpc) is 2.72. The van der Waals surface area contributed by atoms with Crippen LogP contribution in [0.2, 0.25) is 5.02 Å². The van der Waals surface area contributed by atoms with E-state index in [2.05, 4.69) is 21.2 Å². The van der Waals surface area contributed by atoms with E-state index in [1.807, 2.05) is 50.2 Å². The van der Waals surface area contributed by atoms with Crippen LogP contribution in [0.15, 0.2) is 57.9 Å². The fourth-order valence-electron chi connectivity index (χ4n) is 2.59. The summed E-state index contributed by atoms with van der Waals surface area (Å²) in [5.74, 6) is 0.0278. The molecule has 156 valence electrons. The second-order valence-electron chi connectivity index (χ2n) is 6.88. The van der Waals surface area contributed by atoms with E-state index in [4.69, 9.17) is 11.6 Å². The van der Waals surface area contributed by atoms with Crippen LogP contribution >= 0.6 is 39.3 Å². The molecule has 0 spiro atoms. The highest BCUT2D eigenvalue weighted by molar-refractivity contribution is 9.10. The summed E-state index contributed by atoms with van der Waals surface area (Å²) in [6.07, 6.45) is 0.839. The van der Waals surface area contributed by atoms with E-state index < -0.39 is 6.04 Å². The summed E-state index contributed by atoms with van der Waals surface area (Å²) in [7, 11) is 0. The molecule has 0 unspecified atom stereocenters. The van der Waals surface area contributed by atoms with Crippen LogP contribution in [0.25, 0.3) is 0 Å². The molecule has 0 saturated carbocycles. The number of nitrogens with zero attached hydrogens (tertiary/aromatic N) is 1. The molecule has 1 N–H and O–H groups in total. The first-order chi connectivity index (χ1) is 13.8. The highest BCUT2D eigenvalue weighted by Gasteiger charge is 2.26. The molecule has 0 aliphatic rings. The van der Waals surface area contributed by atoms with Crippen molar-refractivity contribution in [3.05, 3.63) is 63.6 Å². The third-order valence-corrected chi connectivity index (χ3v) is 6.39. The number of benzene rings is 2. The average molecular weight is 498 g/mol. The van der Waals surface area contributed by atoms with Crippen LogP contribution in [0.3, 0.4) is 0 Å². The van der Waals surface area contributed by atoms with Crippen molar-refractivity contribution in [1.29, 1.82) is 0 Å². The molecule has 29 heavy (non-hydrogen) atoms. The number of hydrogen-bond acceptors (Lipinski definition) is 3. The van der Waals surface area contributed by atoms with Gasteiger partial charge >= 0.3 is 0 Å². The fraction of sp³-hybridized carbons (Fsp3) is 0.364. The minimum atomic E-state index is -0.564. The van der Waals surface area contributed by atoms with Crippen LogP contribution in [-0.4, -0.2) is 34.6 Å². The first-order valence-electron chi connectivity index (χ1n) is 9.52. The van der Waals surface area contributed by atoms with E-state index >= 15 is 0 Å². The molecule has 0 bridgehead atoms. The molecule has 0 saturated heterocycles. The molecule has 2 aromatic rings. The molecule has 0 radical (unpaired) electrons. The summed E-state index contributed by atoms with van der Waals surface area (Å²) in [4.78, 5) is 28.3. The number of carbonyl (C=O) groups is 2. The SMILES string of the molecule is CC[C@H](C)NC(=O)[C@@H](C)N(Cc1ccc(Br)cc1)C(=O)CSc1ccc(Cl)cc1. The quantitative estimate of drug-likeness (QED) is 0.464. The summed E-state index contributed by atoms with van der Waals surface area (Å²) in [6, 6.07) is 14.7. The maximum Gasteiger partial charge on any atom is 0.242 e. The third kappa shape index (κ3) is 7.68. The van der Waals surface area contributed by atoms with Gasteiger partial charge in [0.15, 0.2) is 0 Å². The van der Waals surface area contributed by atoms with E-state index in [0.29, 0.717) is 11.6 Å². The van der Waals surface area contributed by atoms with Crippen LogP contribution in [0.1, 0.15) is 32.8 Å². The van der Waals surface area contributed by atoms with Gasteiger partial charge in [-0.2, -0.15) is 0 Å². The normalized spacial score (nSPS) is 12.9. The van der Waals surface area contributed by atoms with Crippen molar-refractivity contribution in [2.45, 2.75) is 50.7 Å². The van der Waals surface area contributed by atoms with E-state index in [1.165, 1.54) is 11.8 Å². The van der Waals surface area contributed by atoms with Gasteiger partial charge in [-0.3, -0.25) is 9.59 Å². The van der Waals surface area contributed by atoms with Crippen LogP contribution < -0.4 is 5.32 Å². The lowest BCUT2D eigenvalue weighted by Crippen LogP contribution is -2.50. The first kappa shape index (κ1) is 23.8. The van der Waals surface area contributed by atoms with Gasteiger partial charge in [-0.1, -0.05) is 46.6 Å². The topological polar surface area (TPSA) is 49.4 Å². The number of rotatable bonds is 9.